The third-order valence-electron chi connectivity index (χ3n) is 6.78. The first-order valence-corrected chi connectivity index (χ1v) is 11.6. The van der Waals surface area contributed by atoms with Gasteiger partial charge in [-0.2, -0.15) is 13.2 Å². The molecule has 0 radical (unpaired) electrons. The van der Waals surface area contributed by atoms with Crippen molar-refractivity contribution in [2.75, 3.05) is 39.9 Å². The summed E-state index contributed by atoms with van der Waals surface area (Å²) < 4.78 is 66.3. The lowest BCUT2D eigenvalue weighted by molar-refractivity contribution is -0.192. The van der Waals surface area contributed by atoms with E-state index in [2.05, 4.69) is 18.2 Å². The van der Waals surface area contributed by atoms with E-state index in [0.29, 0.717) is 39.2 Å². The number of carbonyl (C=O) groups excluding carboxylic acids is 1. The largest absolute Gasteiger partial charge is 0.490 e. The van der Waals surface area contributed by atoms with Crippen molar-refractivity contribution >= 4 is 11.9 Å². The van der Waals surface area contributed by atoms with Crippen LogP contribution in [-0.2, 0) is 33.7 Å². The molecule has 1 unspecified atom stereocenters. The number of piperidine rings is 2. The second kappa shape index (κ2) is 10.8. The van der Waals surface area contributed by atoms with Crippen molar-refractivity contribution in [3.05, 3.63) is 34.9 Å². The first-order valence-electron chi connectivity index (χ1n) is 11.6. The highest BCUT2D eigenvalue weighted by Crippen LogP contribution is 2.45. The maximum atomic E-state index is 14.7. The lowest BCUT2D eigenvalue weighted by Gasteiger charge is -2.49. The van der Waals surface area contributed by atoms with E-state index in [9.17, 15) is 26.7 Å². The van der Waals surface area contributed by atoms with E-state index < -0.39 is 23.5 Å². The molecule has 2 aliphatic heterocycles. The molecule has 2 fully saturated rings. The van der Waals surface area contributed by atoms with E-state index >= 15 is 0 Å². The number of carboxylic acid groups (broad SMARTS) is 1. The summed E-state index contributed by atoms with van der Waals surface area (Å²) in [5, 5.41) is 7.12. The normalized spacial score (nSPS) is 24.2. The molecule has 1 atom stereocenters. The van der Waals surface area contributed by atoms with E-state index in [0.717, 1.165) is 24.8 Å². The van der Waals surface area contributed by atoms with E-state index in [1.54, 1.807) is 16.9 Å². The predicted molar refractivity (Wildman–Crippen MR) is 117 cm³/mol. The summed E-state index contributed by atoms with van der Waals surface area (Å²) in [6.07, 6.45) is -0.717. The second-order valence-corrected chi connectivity index (χ2v) is 9.61. The Morgan fingerprint density at radius 1 is 1.14 bits per heavy atom. The van der Waals surface area contributed by atoms with Crippen molar-refractivity contribution in [1.82, 2.24) is 9.80 Å². The fourth-order valence-corrected chi connectivity index (χ4v) is 5.39. The molecule has 1 aliphatic carbocycles. The van der Waals surface area contributed by atoms with Crippen molar-refractivity contribution in [2.24, 2.45) is 5.41 Å². The zero-order valence-electron chi connectivity index (χ0n) is 19.7. The highest BCUT2D eigenvalue weighted by molar-refractivity contribution is 5.84. The Labute approximate surface area is 201 Å². The molecule has 2 saturated heterocycles. The van der Waals surface area contributed by atoms with Crippen LogP contribution in [0.25, 0.3) is 0 Å². The van der Waals surface area contributed by atoms with Gasteiger partial charge in [-0.1, -0.05) is 18.2 Å². The van der Waals surface area contributed by atoms with Crippen molar-refractivity contribution in [1.29, 1.82) is 0 Å². The molecule has 1 aromatic carbocycles. The van der Waals surface area contributed by atoms with Crippen molar-refractivity contribution < 1.29 is 41.4 Å². The first kappa shape index (κ1) is 27.3. The van der Waals surface area contributed by atoms with Crippen molar-refractivity contribution in [3.8, 4) is 0 Å². The van der Waals surface area contributed by atoms with Crippen LogP contribution in [0, 0.1) is 5.41 Å². The second-order valence-electron chi connectivity index (χ2n) is 9.61. The first-order chi connectivity index (χ1) is 16.3. The molecule has 35 heavy (non-hydrogen) atoms. The number of nitrogens with zero attached hydrogens (tertiary/aromatic N) is 2. The third-order valence-corrected chi connectivity index (χ3v) is 6.78. The molecule has 1 aromatic rings. The number of likely N-dealkylation sites (tertiary alicyclic amines) is 2. The molecule has 196 valence electrons. The number of benzene rings is 1. The summed E-state index contributed by atoms with van der Waals surface area (Å²) >= 11 is 0. The lowest BCUT2D eigenvalue weighted by atomic mass is 9.71. The Hall–Kier alpha value is -2.27. The number of carboxylic acids is 1. The average Bonchev–Trinajstić information content (AvgIpc) is 3.21. The van der Waals surface area contributed by atoms with E-state index in [4.69, 9.17) is 14.6 Å². The van der Waals surface area contributed by atoms with Gasteiger partial charge < -0.3 is 14.7 Å². The number of aryl methyl sites for hydroxylation is 2. The molecule has 1 spiro atoms. The number of carbonyl (C=O) groups is 2. The number of ether oxygens (including phenoxy) is 1. The van der Waals surface area contributed by atoms with Gasteiger partial charge >= 0.3 is 12.1 Å². The van der Waals surface area contributed by atoms with Crippen LogP contribution in [0.2, 0.25) is 0 Å². The number of methoxy groups -OCH3 is 1. The van der Waals surface area contributed by atoms with E-state index in [1.165, 1.54) is 17.5 Å². The van der Waals surface area contributed by atoms with E-state index in [1.807, 2.05) is 0 Å². The van der Waals surface area contributed by atoms with Crippen LogP contribution in [0.15, 0.2) is 18.2 Å². The molecule has 2 heterocycles. The Kier molecular flexibility index (Phi) is 8.41. The molecule has 0 aromatic heterocycles. The maximum absolute atomic E-state index is 14.7. The summed E-state index contributed by atoms with van der Waals surface area (Å²) in [4.78, 5) is 25.6. The van der Waals surface area contributed by atoms with Crippen LogP contribution in [-0.4, -0.2) is 78.8 Å². The SMILES string of the molecule is COCCN1CCCC2(CN(Cc3ccc4c(c3)CCC4)CC(F)(F)C2)C1=O.O=C(O)C(F)(F)F. The number of halogens is 5. The van der Waals surface area contributed by atoms with Gasteiger partial charge in [0.1, 0.15) is 0 Å². The van der Waals surface area contributed by atoms with Gasteiger partial charge in [0.2, 0.25) is 5.91 Å². The van der Waals surface area contributed by atoms with Crippen LogP contribution < -0.4 is 0 Å². The molecular formula is C24H31F5N2O4. The third kappa shape index (κ3) is 6.91. The van der Waals surface area contributed by atoms with Gasteiger partial charge in [-0.3, -0.25) is 9.69 Å². The van der Waals surface area contributed by atoms with Gasteiger partial charge in [0.25, 0.3) is 5.92 Å². The summed E-state index contributed by atoms with van der Waals surface area (Å²) in [5.41, 5.74) is 2.86. The standard InChI is InChI=1S/C22H30F2N2O2.C2HF3O2/c1-28-11-10-26-9-3-8-21(20(26)27)14-22(23,24)16-25(15-21)13-17-6-7-18-4-2-5-19(18)12-17;3-2(4,5)1(6)7/h6-7,12H,2-5,8-11,13-16H2,1H3;(H,6,7). The molecule has 1 N–H and O–H groups in total. The number of hydrogen-bond acceptors (Lipinski definition) is 4. The van der Waals surface area contributed by atoms with Gasteiger partial charge in [0.15, 0.2) is 0 Å². The average molecular weight is 507 g/mol. The van der Waals surface area contributed by atoms with Crippen molar-refractivity contribution in [3.63, 3.8) is 0 Å². The predicted octanol–water partition coefficient (Wildman–Crippen LogP) is 3.90. The summed E-state index contributed by atoms with van der Waals surface area (Å²) in [6.45, 7) is 2.19. The molecule has 0 bridgehead atoms. The van der Waals surface area contributed by atoms with Crippen LogP contribution in [0.4, 0.5) is 22.0 Å². The monoisotopic (exact) mass is 506 g/mol. The molecule has 1 amide bonds. The number of hydrogen-bond donors (Lipinski definition) is 1. The highest BCUT2D eigenvalue weighted by atomic mass is 19.4. The maximum Gasteiger partial charge on any atom is 0.490 e. The molecular weight excluding hydrogens is 475 g/mol. The van der Waals surface area contributed by atoms with Crippen LogP contribution >= 0.6 is 0 Å². The van der Waals surface area contributed by atoms with Gasteiger partial charge in [-0.05, 0) is 48.8 Å². The van der Waals surface area contributed by atoms with Gasteiger partial charge in [0.05, 0.1) is 18.6 Å². The molecule has 0 saturated carbocycles. The molecule has 4 rings (SSSR count). The number of alkyl halides is 5. The summed E-state index contributed by atoms with van der Waals surface area (Å²) in [5.74, 6) is -5.71. The number of rotatable bonds is 5. The fraction of sp³-hybridized carbons (Fsp3) is 0.667. The Morgan fingerprint density at radius 2 is 1.83 bits per heavy atom. The number of fused-ring (bicyclic) bond motifs is 1. The van der Waals surface area contributed by atoms with Crippen molar-refractivity contribution in [2.45, 2.75) is 57.2 Å². The Morgan fingerprint density at radius 3 is 2.49 bits per heavy atom. The summed E-state index contributed by atoms with van der Waals surface area (Å²) in [6, 6.07) is 6.39. The Balaban J connectivity index is 0.000000429. The summed E-state index contributed by atoms with van der Waals surface area (Å²) in [7, 11) is 1.59. The minimum Gasteiger partial charge on any atom is -0.475 e. The molecule has 6 nitrogen and oxygen atoms in total. The van der Waals surface area contributed by atoms with Crippen LogP contribution in [0.5, 0.6) is 0 Å². The van der Waals surface area contributed by atoms with Crippen LogP contribution in [0.1, 0.15) is 42.4 Å². The van der Waals surface area contributed by atoms with Gasteiger partial charge in [0, 0.05) is 39.7 Å². The fourth-order valence-electron chi connectivity index (χ4n) is 5.39. The zero-order valence-corrected chi connectivity index (χ0v) is 19.7. The minimum absolute atomic E-state index is 0.117. The highest BCUT2D eigenvalue weighted by Gasteiger charge is 2.55. The molecule has 3 aliphatic rings. The van der Waals surface area contributed by atoms with Gasteiger partial charge in [-0.25, -0.2) is 13.6 Å². The van der Waals surface area contributed by atoms with Gasteiger partial charge in [-0.15, -0.1) is 0 Å². The van der Waals surface area contributed by atoms with Crippen LogP contribution in [0.3, 0.4) is 0 Å². The lowest BCUT2D eigenvalue weighted by Crippen LogP contribution is -2.61. The number of amides is 1. The molecule has 11 heteroatoms. The quantitative estimate of drug-likeness (QED) is 0.614. The number of aliphatic carboxylic acids is 1. The minimum atomic E-state index is -5.08. The smallest absolute Gasteiger partial charge is 0.475 e. The van der Waals surface area contributed by atoms with E-state index in [-0.39, 0.29) is 18.9 Å². The Bertz CT molecular complexity index is 924. The zero-order chi connectivity index (χ0) is 25.9. The topological polar surface area (TPSA) is 70.1 Å².